The molecule has 2 rings (SSSR count). The van der Waals surface area contributed by atoms with E-state index in [1.54, 1.807) is 6.92 Å². The second kappa shape index (κ2) is 2.71. The number of carbonyl (C=O) groups is 1. The van der Waals surface area contributed by atoms with Crippen LogP contribution in [0.5, 0.6) is 0 Å². The summed E-state index contributed by atoms with van der Waals surface area (Å²) in [7, 11) is 0. The van der Waals surface area contributed by atoms with Crippen LogP contribution in [0.25, 0.3) is 0 Å². The summed E-state index contributed by atoms with van der Waals surface area (Å²) in [5.41, 5.74) is 0. The van der Waals surface area contributed by atoms with Gasteiger partial charge in [-0.1, -0.05) is 31.9 Å². The van der Waals surface area contributed by atoms with Crippen molar-refractivity contribution in [3.8, 4) is 0 Å². The fourth-order valence-corrected chi connectivity index (χ4v) is 3.77. The quantitative estimate of drug-likeness (QED) is 0.626. The molecule has 2 atom stereocenters. The molecule has 12 heavy (non-hydrogen) atoms. The summed E-state index contributed by atoms with van der Waals surface area (Å²) in [6.45, 7) is 3.48. The van der Waals surface area contributed by atoms with Crippen LogP contribution in [-0.2, 0) is 4.79 Å². The van der Waals surface area contributed by atoms with Gasteiger partial charge < -0.3 is 4.90 Å². The lowest BCUT2D eigenvalue weighted by Crippen LogP contribution is -2.35. The lowest BCUT2D eigenvalue weighted by atomic mass is 10.1. The van der Waals surface area contributed by atoms with Gasteiger partial charge in [-0.2, -0.15) is 0 Å². The lowest BCUT2D eigenvalue weighted by molar-refractivity contribution is -0.129. The zero-order valence-electron chi connectivity index (χ0n) is 6.89. The van der Waals surface area contributed by atoms with E-state index in [0.29, 0.717) is 5.92 Å². The summed E-state index contributed by atoms with van der Waals surface area (Å²) < 4.78 is 0.143. The maximum atomic E-state index is 11.1. The molecule has 1 aliphatic carbocycles. The van der Waals surface area contributed by atoms with Gasteiger partial charge in [0, 0.05) is 25.9 Å². The number of alkyl halides is 2. The minimum atomic E-state index is 0.143. The molecule has 1 heterocycles. The van der Waals surface area contributed by atoms with Crippen LogP contribution in [0.3, 0.4) is 0 Å². The summed E-state index contributed by atoms with van der Waals surface area (Å²) in [5, 5.41) is 0. The van der Waals surface area contributed by atoms with E-state index in [4.69, 9.17) is 0 Å². The molecule has 0 N–H and O–H groups in total. The van der Waals surface area contributed by atoms with Crippen LogP contribution in [0.4, 0.5) is 0 Å². The third-order valence-electron chi connectivity index (χ3n) is 2.94. The molecule has 0 aromatic carbocycles. The fraction of sp³-hybridized carbons (Fsp3) is 0.875. The Bertz CT molecular complexity index is 229. The molecule has 0 aromatic heterocycles. The summed E-state index contributed by atoms with van der Waals surface area (Å²) in [6, 6.07) is 0. The van der Waals surface area contributed by atoms with E-state index in [1.165, 1.54) is 0 Å². The predicted molar refractivity (Wildman–Crippen MR) is 54.4 cm³/mol. The molecule has 1 saturated carbocycles. The topological polar surface area (TPSA) is 20.3 Å². The van der Waals surface area contributed by atoms with Crippen LogP contribution in [0.2, 0.25) is 0 Å². The Morgan fingerprint density at radius 3 is 2.67 bits per heavy atom. The average molecular weight is 297 g/mol. The number of hydrogen-bond donors (Lipinski definition) is 0. The van der Waals surface area contributed by atoms with Gasteiger partial charge in [-0.25, -0.2) is 0 Å². The van der Waals surface area contributed by atoms with E-state index < -0.39 is 0 Å². The van der Waals surface area contributed by atoms with Crippen LogP contribution in [0.1, 0.15) is 13.3 Å². The molecule has 68 valence electrons. The van der Waals surface area contributed by atoms with Crippen molar-refractivity contribution >= 4 is 37.8 Å². The van der Waals surface area contributed by atoms with Gasteiger partial charge in [0.2, 0.25) is 5.91 Å². The van der Waals surface area contributed by atoms with Crippen molar-refractivity contribution in [2.75, 3.05) is 13.1 Å². The molecule has 1 amide bonds. The molecule has 0 aromatic rings. The van der Waals surface area contributed by atoms with E-state index in [1.807, 2.05) is 4.90 Å². The standard InChI is InChI=1S/C8H11Br2NO/c1-5(12)11-3-2-6-7(4-11)8(6,9)10/h6-7H,2-4H2,1H3/t6-,7+/m0/s1. The molecular formula is C8H11Br2NO. The van der Waals surface area contributed by atoms with Crippen molar-refractivity contribution in [1.29, 1.82) is 0 Å². The van der Waals surface area contributed by atoms with E-state index in [2.05, 4.69) is 31.9 Å². The number of carbonyl (C=O) groups excluding carboxylic acids is 1. The Morgan fingerprint density at radius 1 is 1.50 bits per heavy atom. The molecule has 0 unspecified atom stereocenters. The highest BCUT2D eigenvalue weighted by molar-refractivity contribution is 9.25. The van der Waals surface area contributed by atoms with Crippen LogP contribution >= 0.6 is 31.9 Å². The molecule has 0 bridgehead atoms. The Labute approximate surface area is 88.9 Å². The monoisotopic (exact) mass is 295 g/mol. The Kier molecular flexibility index (Phi) is 2.03. The maximum Gasteiger partial charge on any atom is 0.219 e. The SMILES string of the molecule is CC(=O)N1CC[C@H]2[C@@H](C1)C2(Br)Br. The Balaban J connectivity index is 2.01. The summed E-state index contributed by atoms with van der Waals surface area (Å²) >= 11 is 7.27. The zero-order valence-corrected chi connectivity index (χ0v) is 10.1. The van der Waals surface area contributed by atoms with E-state index in [9.17, 15) is 4.79 Å². The molecule has 0 spiro atoms. The molecule has 1 aliphatic heterocycles. The predicted octanol–water partition coefficient (Wildman–Crippen LogP) is 1.97. The van der Waals surface area contributed by atoms with Crippen molar-refractivity contribution in [1.82, 2.24) is 4.90 Å². The van der Waals surface area contributed by atoms with Gasteiger partial charge in [-0.05, 0) is 12.3 Å². The third-order valence-corrected chi connectivity index (χ3v) is 5.29. The molecule has 1 saturated heterocycles. The first kappa shape index (κ1) is 9.00. The van der Waals surface area contributed by atoms with E-state index in [-0.39, 0.29) is 9.14 Å². The molecule has 0 radical (unpaired) electrons. The number of piperidine rings is 1. The first-order valence-electron chi connectivity index (χ1n) is 4.17. The zero-order chi connectivity index (χ0) is 8.93. The highest BCUT2D eigenvalue weighted by Crippen LogP contribution is 2.64. The van der Waals surface area contributed by atoms with Gasteiger partial charge in [0.25, 0.3) is 0 Å². The number of nitrogens with zero attached hydrogens (tertiary/aromatic N) is 1. The van der Waals surface area contributed by atoms with Crippen molar-refractivity contribution in [2.24, 2.45) is 11.8 Å². The summed E-state index contributed by atoms with van der Waals surface area (Å²) in [5.74, 6) is 1.56. The number of rotatable bonds is 0. The van der Waals surface area contributed by atoms with Gasteiger partial charge in [0.1, 0.15) is 0 Å². The number of halogens is 2. The molecule has 2 fully saturated rings. The average Bonchev–Trinajstić information content (AvgIpc) is 2.55. The molecular weight excluding hydrogens is 286 g/mol. The smallest absolute Gasteiger partial charge is 0.219 e. The molecule has 2 nitrogen and oxygen atoms in total. The molecule has 4 heteroatoms. The number of amides is 1. The Morgan fingerprint density at radius 2 is 2.17 bits per heavy atom. The van der Waals surface area contributed by atoms with Crippen LogP contribution in [-0.4, -0.2) is 27.1 Å². The van der Waals surface area contributed by atoms with Crippen molar-refractivity contribution in [2.45, 2.75) is 16.6 Å². The highest BCUT2D eigenvalue weighted by atomic mass is 79.9. The highest BCUT2D eigenvalue weighted by Gasteiger charge is 2.63. The number of fused-ring (bicyclic) bond motifs is 1. The van der Waals surface area contributed by atoms with Gasteiger partial charge >= 0.3 is 0 Å². The second-order valence-corrected chi connectivity index (χ2v) is 7.33. The van der Waals surface area contributed by atoms with Crippen LogP contribution in [0.15, 0.2) is 0 Å². The van der Waals surface area contributed by atoms with Crippen LogP contribution in [0, 0.1) is 11.8 Å². The third kappa shape index (κ3) is 1.23. The van der Waals surface area contributed by atoms with Gasteiger partial charge in [0.05, 0.1) is 3.23 Å². The fourth-order valence-electron chi connectivity index (χ4n) is 2.01. The van der Waals surface area contributed by atoms with Crippen molar-refractivity contribution in [3.63, 3.8) is 0 Å². The van der Waals surface area contributed by atoms with Crippen molar-refractivity contribution < 1.29 is 4.79 Å². The normalized spacial score (nSPS) is 37.4. The van der Waals surface area contributed by atoms with Gasteiger partial charge in [0.15, 0.2) is 0 Å². The minimum Gasteiger partial charge on any atom is -0.343 e. The number of likely N-dealkylation sites (tertiary alicyclic amines) is 1. The number of hydrogen-bond acceptors (Lipinski definition) is 1. The largest absolute Gasteiger partial charge is 0.343 e. The van der Waals surface area contributed by atoms with Gasteiger partial charge in [-0.3, -0.25) is 4.79 Å². The first-order chi connectivity index (χ1) is 5.53. The van der Waals surface area contributed by atoms with Gasteiger partial charge in [-0.15, -0.1) is 0 Å². The molecule has 2 aliphatic rings. The van der Waals surface area contributed by atoms with E-state index >= 15 is 0 Å². The van der Waals surface area contributed by atoms with Crippen molar-refractivity contribution in [3.05, 3.63) is 0 Å². The maximum absolute atomic E-state index is 11.1. The van der Waals surface area contributed by atoms with Crippen LogP contribution < -0.4 is 0 Å². The first-order valence-corrected chi connectivity index (χ1v) is 5.75. The lowest BCUT2D eigenvalue weighted by Gasteiger charge is -2.24. The Hall–Kier alpha value is 0.430. The summed E-state index contributed by atoms with van der Waals surface area (Å²) in [6.07, 6.45) is 1.13. The second-order valence-electron chi connectivity index (χ2n) is 3.64. The van der Waals surface area contributed by atoms with E-state index in [0.717, 1.165) is 25.4 Å². The minimum absolute atomic E-state index is 0.143. The summed E-state index contributed by atoms with van der Waals surface area (Å²) in [4.78, 5) is 13.0.